The van der Waals surface area contributed by atoms with E-state index >= 15 is 0 Å². The Morgan fingerprint density at radius 1 is 1.00 bits per heavy atom. The van der Waals surface area contributed by atoms with Gasteiger partial charge >= 0.3 is 5.97 Å². The molecule has 0 aliphatic rings. The Kier molecular flexibility index (Phi) is 6.27. The summed E-state index contributed by atoms with van der Waals surface area (Å²) in [6.07, 6.45) is 3.33. The van der Waals surface area contributed by atoms with Gasteiger partial charge in [0.15, 0.2) is 0 Å². The van der Waals surface area contributed by atoms with Crippen LogP contribution in [0.4, 0.5) is 0 Å². The molecule has 0 radical (unpaired) electrons. The van der Waals surface area contributed by atoms with E-state index < -0.39 is 0 Å². The number of methoxy groups -OCH3 is 1. The number of benzene rings is 1. The Morgan fingerprint density at radius 2 is 1.76 bits per heavy atom. The highest BCUT2D eigenvalue weighted by Crippen LogP contribution is 2.40. The summed E-state index contributed by atoms with van der Waals surface area (Å²) in [5, 5.41) is 0. The second-order valence-corrected chi connectivity index (χ2v) is 7.94. The number of esters is 1. The van der Waals surface area contributed by atoms with Gasteiger partial charge < -0.3 is 9.47 Å². The molecule has 29 heavy (non-hydrogen) atoms. The van der Waals surface area contributed by atoms with Crippen LogP contribution in [0.3, 0.4) is 0 Å². The molecule has 3 rings (SSSR count). The van der Waals surface area contributed by atoms with E-state index in [0.29, 0.717) is 12.2 Å². The minimum atomic E-state index is -0.384. The van der Waals surface area contributed by atoms with Crippen LogP contribution in [-0.2, 0) is 11.3 Å². The van der Waals surface area contributed by atoms with Gasteiger partial charge in [-0.25, -0.2) is 4.79 Å². The van der Waals surface area contributed by atoms with Crippen LogP contribution in [0.1, 0.15) is 54.0 Å². The summed E-state index contributed by atoms with van der Waals surface area (Å²) in [7, 11) is 1.37. The van der Waals surface area contributed by atoms with Crippen LogP contribution in [0, 0.1) is 5.41 Å². The number of carbonyl (C=O) groups is 1. The monoisotopic (exact) mass is 390 g/mol. The summed E-state index contributed by atoms with van der Waals surface area (Å²) in [4.78, 5) is 20.5. The highest BCUT2D eigenvalue weighted by Gasteiger charge is 2.29. The van der Waals surface area contributed by atoms with E-state index in [1.54, 1.807) is 18.5 Å². The third-order valence-corrected chi connectivity index (χ3v) is 4.70. The van der Waals surface area contributed by atoms with E-state index in [1.165, 1.54) is 7.11 Å². The van der Waals surface area contributed by atoms with Gasteiger partial charge in [0.2, 0.25) is 0 Å². The van der Waals surface area contributed by atoms with Crippen molar-refractivity contribution in [1.82, 2.24) is 9.97 Å². The van der Waals surface area contributed by atoms with Crippen molar-refractivity contribution in [1.29, 1.82) is 0 Å². The van der Waals surface area contributed by atoms with Gasteiger partial charge in [0.05, 0.1) is 18.4 Å². The van der Waals surface area contributed by atoms with E-state index in [-0.39, 0.29) is 17.3 Å². The quantitative estimate of drug-likeness (QED) is 0.553. The molecule has 1 unspecified atom stereocenters. The topological polar surface area (TPSA) is 61.3 Å². The average Bonchev–Trinajstić information content (AvgIpc) is 2.73. The third kappa shape index (κ3) is 5.19. The van der Waals surface area contributed by atoms with Crippen LogP contribution in [-0.4, -0.2) is 23.0 Å². The Hall–Kier alpha value is -3.21. The number of ether oxygens (including phenoxy) is 2. The van der Waals surface area contributed by atoms with Gasteiger partial charge in [0.25, 0.3) is 0 Å². The van der Waals surface area contributed by atoms with Crippen molar-refractivity contribution in [2.45, 2.75) is 33.3 Å². The minimum Gasteiger partial charge on any atom is -0.487 e. The fourth-order valence-corrected chi connectivity index (χ4v) is 3.33. The van der Waals surface area contributed by atoms with Crippen LogP contribution in [0.2, 0.25) is 0 Å². The predicted octanol–water partition coefficient (Wildman–Crippen LogP) is 5.02. The van der Waals surface area contributed by atoms with Crippen LogP contribution in [0.5, 0.6) is 5.75 Å². The number of aromatic nitrogens is 2. The number of hydrogen-bond acceptors (Lipinski definition) is 5. The lowest BCUT2D eigenvalue weighted by molar-refractivity contribution is 0.0600. The van der Waals surface area contributed by atoms with E-state index in [4.69, 9.17) is 9.47 Å². The Balaban J connectivity index is 1.79. The minimum absolute atomic E-state index is 0.0594. The van der Waals surface area contributed by atoms with Gasteiger partial charge in [0.1, 0.15) is 12.4 Å². The number of rotatable bonds is 6. The molecule has 0 amide bonds. The maximum atomic E-state index is 11.7. The molecule has 0 bridgehead atoms. The molecule has 1 atom stereocenters. The zero-order valence-corrected chi connectivity index (χ0v) is 17.3. The Labute approximate surface area is 171 Å². The van der Waals surface area contributed by atoms with Crippen molar-refractivity contribution in [3.05, 3.63) is 89.5 Å². The molecule has 1 aromatic carbocycles. The SMILES string of the molecule is COC(=O)c1ccc(C(c2ccc(OCc3ccccn3)cc2)C(C)(C)C)nc1. The normalized spacial score (nSPS) is 12.3. The largest absolute Gasteiger partial charge is 0.487 e. The molecule has 3 aromatic rings. The number of hydrogen-bond donors (Lipinski definition) is 0. The fourth-order valence-electron chi connectivity index (χ4n) is 3.33. The molecule has 2 heterocycles. The lowest BCUT2D eigenvalue weighted by Crippen LogP contribution is -2.21. The predicted molar refractivity (Wildman–Crippen MR) is 112 cm³/mol. The first-order valence-corrected chi connectivity index (χ1v) is 9.55. The summed E-state index contributed by atoms with van der Waals surface area (Å²) in [5.74, 6) is 0.478. The standard InChI is InChI=1S/C24H26N2O3/c1-24(2,3)22(21-13-10-18(15-26-21)23(27)28-4)17-8-11-20(12-9-17)29-16-19-7-5-6-14-25-19/h5-15,22H,16H2,1-4H3. The molecule has 0 saturated heterocycles. The molecule has 5 heteroatoms. The van der Waals surface area contributed by atoms with E-state index in [9.17, 15) is 4.79 Å². The number of carbonyl (C=O) groups excluding carboxylic acids is 1. The second kappa shape index (κ2) is 8.86. The van der Waals surface area contributed by atoms with Crippen molar-refractivity contribution in [3.8, 4) is 5.75 Å². The molecule has 0 fully saturated rings. The van der Waals surface area contributed by atoms with Gasteiger partial charge in [-0.15, -0.1) is 0 Å². The lowest BCUT2D eigenvalue weighted by atomic mass is 9.74. The molecule has 0 spiro atoms. The van der Waals surface area contributed by atoms with Crippen molar-refractivity contribution in [3.63, 3.8) is 0 Å². The molecule has 5 nitrogen and oxygen atoms in total. The van der Waals surface area contributed by atoms with Gasteiger partial charge in [-0.1, -0.05) is 39.0 Å². The van der Waals surface area contributed by atoms with Crippen LogP contribution in [0.15, 0.2) is 67.0 Å². The lowest BCUT2D eigenvalue weighted by Gasteiger charge is -2.31. The van der Waals surface area contributed by atoms with E-state index in [0.717, 1.165) is 22.7 Å². The van der Waals surface area contributed by atoms with Crippen molar-refractivity contribution in [2.75, 3.05) is 7.11 Å². The van der Waals surface area contributed by atoms with Gasteiger partial charge in [-0.3, -0.25) is 9.97 Å². The van der Waals surface area contributed by atoms with E-state index in [2.05, 4.69) is 42.9 Å². The van der Waals surface area contributed by atoms with Crippen LogP contribution < -0.4 is 4.74 Å². The molecular weight excluding hydrogens is 364 g/mol. The van der Waals surface area contributed by atoms with Crippen molar-refractivity contribution >= 4 is 5.97 Å². The molecular formula is C24H26N2O3. The smallest absolute Gasteiger partial charge is 0.339 e. The molecule has 0 aliphatic carbocycles. The molecule has 150 valence electrons. The summed E-state index contributed by atoms with van der Waals surface area (Å²) in [6.45, 7) is 6.97. The second-order valence-electron chi connectivity index (χ2n) is 7.94. The first-order chi connectivity index (χ1) is 13.9. The van der Waals surface area contributed by atoms with E-state index in [1.807, 2.05) is 36.4 Å². The third-order valence-electron chi connectivity index (χ3n) is 4.70. The maximum absolute atomic E-state index is 11.7. The van der Waals surface area contributed by atoms with Gasteiger partial charge in [-0.05, 0) is 47.4 Å². The summed E-state index contributed by atoms with van der Waals surface area (Å²) in [5.41, 5.74) is 3.32. The average molecular weight is 390 g/mol. The number of pyridine rings is 2. The zero-order valence-electron chi connectivity index (χ0n) is 17.3. The summed E-state index contributed by atoms with van der Waals surface area (Å²) >= 11 is 0. The first kappa shape index (κ1) is 20.5. The maximum Gasteiger partial charge on any atom is 0.339 e. The highest BCUT2D eigenvalue weighted by molar-refractivity contribution is 5.88. The Morgan fingerprint density at radius 3 is 2.31 bits per heavy atom. The van der Waals surface area contributed by atoms with Crippen LogP contribution >= 0.6 is 0 Å². The van der Waals surface area contributed by atoms with Crippen molar-refractivity contribution < 1.29 is 14.3 Å². The van der Waals surface area contributed by atoms with Crippen molar-refractivity contribution in [2.24, 2.45) is 5.41 Å². The Bertz CT molecular complexity index is 931. The zero-order chi connectivity index (χ0) is 20.9. The number of nitrogens with zero attached hydrogens (tertiary/aromatic N) is 2. The highest BCUT2D eigenvalue weighted by atomic mass is 16.5. The van der Waals surface area contributed by atoms with Gasteiger partial charge in [0, 0.05) is 24.0 Å². The molecule has 2 aromatic heterocycles. The molecule has 0 N–H and O–H groups in total. The summed E-state index contributed by atoms with van der Waals surface area (Å²) < 4.78 is 10.6. The van der Waals surface area contributed by atoms with Gasteiger partial charge in [-0.2, -0.15) is 0 Å². The first-order valence-electron chi connectivity index (χ1n) is 9.55. The summed E-state index contributed by atoms with van der Waals surface area (Å²) in [6, 6.07) is 17.5. The molecule has 0 saturated carbocycles. The molecule has 0 aliphatic heterocycles. The van der Waals surface area contributed by atoms with Crippen LogP contribution in [0.25, 0.3) is 0 Å². The fraction of sp³-hybridized carbons (Fsp3) is 0.292.